The third kappa shape index (κ3) is 12.8. The van der Waals surface area contributed by atoms with Crippen LogP contribution < -0.4 is 5.32 Å². The lowest BCUT2D eigenvalue weighted by molar-refractivity contribution is -0.155. The highest BCUT2D eigenvalue weighted by atomic mass is 16.6. The summed E-state index contributed by atoms with van der Waals surface area (Å²) >= 11 is 0. The molecular formula is C18H31NO5. The van der Waals surface area contributed by atoms with Gasteiger partial charge in [-0.3, -0.25) is 9.59 Å². The largest absolute Gasteiger partial charge is 0.463 e. The number of ether oxygens (including phenoxy) is 2. The van der Waals surface area contributed by atoms with Crippen LogP contribution in [0.2, 0.25) is 0 Å². The predicted octanol–water partition coefficient (Wildman–Crippen LogP) is 2.12. The molecule has 1 unspecified atom stereocenters. The van der Waals surface area contributed by atoms with E-state index in [1.807, 2.05) is 26.8 Å². The van der Waals surface area contributed by atoms with Crippen molar-refractivity contribution >= 4 is 12.4 Å². The Kier molecular flexibility index (Phi) is 11.8. The van der Waals surface area contributed by atoms with Gasteiger partial charge >= 0.3 is 5.97 Å². The highest BCUT2D eigenvalue weighted by Crippen LogP contribution is 2.10. The van der Waals surface area contributed by atoms with Gasteiger partial charge in [0.15, 0.2) is 0 Å². The summed E-state index contributed by atoms with van der Waals surface area (Å²) in [5.41, 5.74) is 0.671. The summed E-state index contributed by atoms with van der Waals surface area (Å²) in [4.78, 5) is 21.0. The number of rotatable bonds is 8. The van der Waals surface area contributed by atoms with Gasteiger partial charge in [-0.05, 0) is 52.7 Å². The number of hydrogen-bond donors (Lipinski definition) is 2. The summed E-state index contributed by atoms with van der Waals surface area (Å²) in [6.45, 7) is 6.45. The molecule has 0 heterocycles. The molecule has 0 aromatic heterocycles. The number of carbonyl (C=O) groups is 2. The van der Waals surface area contributed by atoms with Gasteiger partial charge in [-0.15, -0.1) is 0 Å². The molecule has 6 nitrogen and oxygen atoms in total. The first-order valence-electron chi connectivity index (χ1n) is 8.23. The fraction of sp³-hybridized carbons (Fsp3) is 0.667. The van der Waals surface area contributed by atoms with Crippen LogP contribution in [0.4, 0.5) is 0 Å². The standard InChI is InChI=1S/C10H21NO3.C8H10O2/c1-10(2,3)14-9(13)6-5-8(7-12)11-4;9-7-10-6-8-4-2-1-3-5-8/h8,11-12H,5-7H2,1-4H3;2,4-5,7H,1,3,6H2. The summed E-state index contributed by atoms with van der Waals surface area (Å²) in [5.74, 6) is -0.216. The molecule has 0 bridgehead atoms. The molecule has 6 heteroatoms. The fourth-order valence-electron chi connectivity index (χ4n) is 1.92. The number of aliphatic hydroxyl groups excluding tert-OH is 1. The van der Waals surface area contributed by atoms with Crippen molar-refractivity contribution < 1.29 is 24.2 Å². The summed E-state index contributed by atoms with van der Waals surface area (Å²) in [5, 5.41) is 11.8. The molecule has 1 atom stereocenters. The normalized spacial score (nSPS) is 14.8. The molecule has 1 rings (SSSR count). The second-order valence-electron chi connectivity index (χ2n) is 6.46. The number of likely N-dealkylation sites (N-methyl/N-ethyl adjacent to an activating group) is 1. The Labute approximate surface area is 144 Å². The van der Waals surface area contributed by atoms with Crippen molar-refractivity contribution in [2.75, 3.05) is 20.3 Å². The molecular weight excluding hydrogens is 310 g/mol. The van der Waals surface area contributed by atoms with Crippen LogP contribution in [0.5, 0.6) is 0 Å². The van der Waals surface area contributed by atoms with E-state index >= 15 is 0 Å². The lowest BCUT2D eigenvalue weighted by atomic mass is 10.1. The quantitative estimate of drug-likeness (QED) is 0.520. The van der Waals surface area contributed by atoms with Crippen molar-refractivity contribution in [3.8, 4) is 0 Å². The summed E-state index contributed by atoms with van der Waals surface area (Å²) in [7, 11) is 1.76. The van der Waals surface area contributed by atoms with E-state index in [-0.39, 0.29) is 18.6 Å². The van der Waals surface area contributed by atoms with E-state index < -0.39 is 5.60 Å². The van der Waals surface area contributed by atoms with Gasteiger partial charge in [0.05, 0.1) is 6.61 Å². The van der Waals surface area contributed by atoms with E-state index in [0.29, 0.717) is 25.9 Å². The average Bonchev–Trinajstić information content (AvgIpc) is 2.54. The Balaban J connectivity index is 0.000000463. The molecule has 0 aromatic rings. The van der Waals surface area contributed by atoms with E-state index in [1.165, 1.54) is 0 Å². The fourth-order valence-corrected chi connectivity index (χ4v) is 1.92. The molecule has 0 aromatic carbocycles. The minimum Gasteiger partial charge on any atom is -0.463 e. The maximum absolute atomic E-state index is 11.3. The SMILES string of the molecule is CNC(CO)CCC(=O)OC(C)(C)C.O=COCC1=CCCC=C1. The second-order valence-corrected chi connectivity index (χ2v) is 6.46. The zero-order valence-electron chi connectivity index (χ0n) is 15.2. The Morgan fingerprint density at radius 2 is 2.12 bits per heavy atom. The van der Waals surface area contributed by atoms with Crippen molar-refractivity contribution in [1.82, 2.24) is 5.32 Å². The monoisotopic (exact) mass is 341 g/mol. The molecule has 0 saturated heterocycles. The molecule has 24 heavy (non-hydrogen) atoms. The molecule has 1 aliphatic rings. The van der Waals surface area contributed by atoms with E-state index in [2.05, 4.69) is 22.2 Å². The average molecular weight is 341 g/mol. The highest BCUT2D eigenvalue weighted by Gasteiger charge is 2.17. The number of esters is 1. The number of hydrogen-bond acceptors (Lipinski definition) is 6. The Morgan fingerprint density at radius 3 is 2.58 bits per heavy atom. The van der Waals surface area contributed by atoms with Gasteiger partial charge in [0, 0.05) is 12.5 Å². The third-order valence-electron chi connectivity index (χ3n) is 3.14. The minimum absolute atomic E-state index is 0.0254. The highest BCUT2D eigenvalue weighted by molar-refractivity contribution is 5.69. The summed E-state index contributed by atoms with van der Waals surface area (Å²) in [6, 6.07) is -0.0254. The molecule has 0 saturated carbocycles. The van der Waals surface area contributed by atoms with Crippen LogP contribution >= 0.6 is 0 Å². The number of allylic oxidation sites excluding steroid dienone is 2. The molecule has 0 amide bonds. The number of aliphatic hydroxyl groups is 1. The van der Waals surface area contributed by atoms with Crippen LogP contribution in [-0.4, -0.2) is 49.5 Å². The maximum Gasteiger partial charge on any atom is 0.306 e. The predicted molar refractivity (Wildman–Crippen MR) is 93.5 cm³/mol. The van der Waals surface area contributed by atoms with Crippen molar-refractivity contribution in [3.63, 3.8) is 0 Å². The topological polar surface area (TPSA) is 84.9 Å². The lowest BCUT2D eigenvalue weighted by Crippen LogP contribution is -2.31. The van der Waals surface area contributed by atoms with Crippen molar-refractivity contribution in [2.45, 2.75) is 58.1 Å². The van der Waals surface area contributed by atoms with Crippen LogP contribution in [0.1, 0.15) is 46.5 Å². The second kappa shape index (κ2) is 12.7. The first-order chi connectivity index (χ1) is 11.3. The van der Waals surface area contributed by atoms with E-state index in [1.54, 1.807) is 7.05 Å². The van der Waals surface area contributed by atoms with Gasteiger partial charge in [0.1, 0.15) is 12.2 Å². The van der Waals surface area contributed by atoms with E-state index in [0.717, 1.165) is 18.4 Å². The smallest absolute Gasteiger partial charge is 0.306 e. The maximum atomic E-state index is 11.3. The van der Waals surface area contributed by atoms with Crippen LogP contribution in [-0.2, 0) is 19.1 Å². The van der Waals surface area contributed by atoms with Crippen molar-refractivity contribution in [3.05, 3.63) is 23.8 Å². The van der Waals surface area contributed by atoms with Crippen LogP contribution in [0.15, 0.2) is 23.8 Å². The first kappa shape index (κ1) is 22.3. The summed E-state index contributed by atoms with van der Waals surface area (Å²) < 4.78 is 9.70. The Morgan fingerprint density at radius 1 is 1.42 bits per heavy atom. The molecule has 0 radical (unpaired) electrons. The van der Waals surface area contributed by atoms with Gasteiger partial charge in [0.25, 0.3) is 6.47 Å². The van der Waals surface area contributed by atoms with Crippen molar-refractivity contribution in [1.29, 1.82) is 0 Å². The third-order valence-corrected chi connectivity index (χ3v) is 3.14. The van der Waals surface area contributed by atoms with Gasteiger partial charge in [-0.25, -0.2) is 0 Å². The molecule has 0 fully saturated rings. The molecule has 2 N–H and O–H groups in total. The number of carbonyl (C=O) groups excluding carboxylic acids is 2. The van der Waals surface area contributed by atoms with Crippen LogP contribution in [0, 0.1) is 0 Å². The number of nitrogens with one attached hydrogen (secondary N) is 1. The Hall–Kier alpha value is -1.66. The molecule has 0 aliphatic heterocycles. The van der Waals surface area contributed by atoms with Gasteiger partial charge in [-0.1, -0.05) is 18.2 Å². The van der Waals surface area contributed by atoms with Gasteiger partial charge in [-0.2, -0.15) is 0 Å². The summed E-state index contributed by atoms with van der Waals surface area (Å²) in [6.07, 6.45) is 9.27. The zero-order chi connectivity index (χ0) is 18.4. The van der Waals surface area contributed by atoms with Crippen LogP contribution in [0.25, 0.3) is 0 Å². The van der Waals surface area contributed by atoms with E-state index in [9.17, 15) is 9.59 Å². The molecule has 138 valence electrons. The zero-order valence-corrected chi connectivity index (χ0v) is 15.2. The van der Waals surface area contributed by atoms with E-state index in [4.69, 9.17) is 9.84 Å². The van der Waals surface area contributed by atoms with Crippen LogP contribution in [0.3, 0.4) is 0 Å². The molecule has 0 spiro atoms. The lowest BCUT2D eigenvalue weighted by Gasteiger charge is -2.20. The minimum atomic E-state index is -0.425. The van der Waals surface area contributed by atoms with Gasteiger partial charge in [0.2, 0.25) is 0 Å². The Bertz CT molecular complexity index is 420. The first-order valence-corrected chi connectivity index (χ1v) is 8.23. The molecule has 1 aliphatic carbocycles. The van der Waals surface area contributed by atoms with Gasteiger partial charge < -0.3 is 19.9 Å². The van der Waals surface area contributed by atoms with Crippen molar-refractivity contribution in [2.24, 2.45) is 0 Å².